The van der Waals surface area contributed by atoms with Crippen molar-refractivity contribution < 1.29 is 24.8 Å². The fourth-order valence-electron chi connectivity index (χ4n) is 2.44. The number of hydrogen-bond acceptors (Lipinski definition) is 6. The number of H-pyrrole nitrogens is 1. The molecule has 1 aliphatic rings. The summed E-state index contributed by atoms with van der Waals surface area (Å²) in [6.07, 6.45) is -4.37. The molecule has 7 nitrogen and oxygen atoms in total. The van der Waals surface area contributed by atoms with Crippen LogP contribution in [0, 0.1) is 0 Å². The molecule has 1 aliphatic heterocycles. The van der Waals surface area contributed by atoms with E-state index in [1.54, 1.807) is 6.07 Å². The smallest absolute Gasteiger partial charge is 0.219 e. The molecule has 2 aromatic rings. The summed E-state index contributed by atoms with van der Waals surface area (Å²) in [7, 11) is 0. The first-order chi connectivity index (χ1) is 10.1. The van der Waals surface area contributed by atoms with Crippen LogP contribution < -0.4 is 10.5 Å². The van der Waals surface area contributed by atoms with Crippen molar-refractivity contribution in [3.63, 3.8) is 0 Å². The van der Waals surface area contributed by atoms with Gasteiger partial charge in [0, 0.05) is 17.0 Å². The molecule has 21 heavy (non-hydrogen) atoms. The predicted octanol–water partition coefficient (Wildman–Crippen LogP) is -0.687. The molecule has 0 bridgehead atoms. The van der Waals surface area contributed by atoms with Crippen LogP contribution in [0.25, 0.3) is 10.9 Å². The van der Waals surface area contributed by atoms with Crippen LogP contribution >= 0.6 is 0 Å². The molecule has 0 saturated carbocycles. The number of aliphatic hydroxyl groups is 3. The zero-order valence-electron chi connectivity index (χ0n) is 11.2. The van der Waals surface area contributed by atoms with E-state index in [2.05, 4.69) is 4.98 Å². The average molecular weight is 294 g/mol. The highest BCUT2D eigenvalue weighted by Crippen LogP contribution is 2.25. The van der Waals surface area contributed by atoms with E-state index in [4.69, 9.17) is 20.3 Å². The lowest BCUT2D eigenvalue weighted by Gasteiger charge is -2.40. The Morgan fingerprint density at radius 2 is 2.00 bits per heavy atom. The Hall–Kier alpha value is -1.64. The van der Waals surface area contributed by atoms with Crippen LogP contribution in [0.5, 0.6) is 5.88 Å². The van der Waals surface area contributed by atoms with Crippen LogP contribution in [0.4, 0.5) is 0 Å². The number of fused-ring (bicyclic) bond motifs is 1. The minimum Gasteiger partial charge on any atom is -0.448 e. The molecule has 7 heteroatoms. The van der Waals surface area contributed by atoms with Gasteiger partial charge in [0.2, 0.25) is 6.29 Å². The normalized spacial score (nSPS) is 33.2. The van der Waals surface area contributed by atoms with Crippen molar-refractivity contribution in [2.75, 3.05) is 6.61 Å². The lowest BCUT2D eigenvalue weighted by Crippen LogP contribution is -2.63. The second kappa shape index (κ2) is 5.63. The van der Waals surface area contributed by atoms with Crippen LogP contribution in [-0.2, 0) is 4.74 Å². The molecule has 1 aromatic carbocycles. The number of ether oxygens (including phenoxy) is 2. The maximum atomic E-state index is 9.88. The Kier molecular flexibility index (Phi) is 3.83. The van der Waals surface area contributed by atoms with Crippen LogP contribution in [0.15, 0.2) is 30.3 Å². The molecule has 6 N–H and O–H groups in total. The minimum absolute atomic E-state index is 0.433. The molecule has 5 atom stereocenters. The quantitative estimate of drug-likeness (QED) is 0.511. The fourth-order valence-corrected chi connectivity index (χ4v) is 2.44. The molecular formula is C14H18N2O5. The van der Waals surface area contributed by atoms with Crippen molar-refractivity contribution in [3.05, 3.63) is 30.3 Å². The van der Waals surface area contributed by atoms with E-state index in [9.17, 15) is 10.2 Å². The molecule has 0 unspecified atom stereocenters. The zero-order chi connectivity index (χ0) is 15.0. The highest BCUT2D eigenvalue weighted by molar-refractivity contribution is 5.81. The van der Waals surface area contributed by atoms with Gasteiger partial charge in [0.25, 0.3) is 0 Å². The van der Waals surface area contributed by atoms with Crippen LogP contribution in [-0.4, -0.2) is 57.6 Å². The minimum atomic E-state index is -1.24. The van der Waals surface area contributed by atoms with Gasteiger partial charge in [0.15, 0.2) is 5.88 Å². The number of nitrogens with one attached hydrogen (secondary N) is 1. The number of rotatable bonds is 3. The molecule has 0 amide bonds. The van der Waals surface area contributed by atoms with E-state index < -0.39 is 37.3 Å². The van der Waals surface area contributed by atoms with E-state index in [0.717, 1.165) is 10.9 Å². The summed E-state index contributed by atoms with van der Waals surface area (Å²) in [5.41, 5.74) is 6.72. The molecule has 1 fully saturated rings. The molecule has 0 spiro atoms. The van der Waals surface area contributed by atoms with Gasteiger partial charge in [-0.15, -0.1) is 0 Å². The zero-order valence-corrected chi connectivity index (χ0v) is 11.2. The molecule has 1 aromatic heterocycles. The molecule has 3 rings (SSSR count). The third-order valence-corrected chi connectivity index (χ3v) is 3.68. The Bertz CT molecular complexity index is 581. The highest BCUT2D eigenvalue weighted by atomic mass is 16.7. The van der Waals surface area contributed by atoms with Crippen molar-refractivity contribution >= 4 is 10.9 Å². The van der Waals surface area contributed by atoms with Crippen molar-refractivity contribution in [3.8, 4) is 5.88 Å². The van der Waals surface area contributed by atoms with Gasteiger partial charge >= 0.3 is 0 Å². The Labute approximate surface area is 120 Å². The third-order valence-electron chi connectivity index (χ3n) is 3.68. The summed E-state index contributed by atoms with van der Waals surface area (Å²) in [6.45, 7) is -0.433. The SMILES string of the molecule is N[C@H]1[C@H](Oc2cc3ccccc3[nH]2)O[C@H](CO)[C@H](O)[C@@H]1O. The molecule has 1 saturated heterocycles. The number of para-hydroxylation sites is 1. The first-order valence-electron chi connectivity index (χ1n) is 6.72. The Morgan fingerprint density at radius 3 is 2.71 bits per heavy atom. The van der Waals surface area contributed by atoms with Gasteiger partial charge < -0.3 is 35.5 Å². The van der Waals surface area contributed by atoms with Gasteiger partial charge in [0.1, 0.15) is 18.3 Å². The lowest BCUT2D eigenvalue weighted by molar-refractivity contribution is -0.239. The maximum absolute atomic E-state index is 9.88. The van der Waals surface area contributed by atoms with Crippen LogP contribution in [0.1, 0.15) is 0 Å². The van der Waals surface area contributed by atoms with Gasteiger partial charge in [-0.05, 0) is 6.07 Å². The average Bonchev–Trinajstić information content (AvgIpc) is 2.90. The van der Waals surface area contributed by atoms with Crippen molar-refractivity contribution in [2.24, 2.45) is 5.73 Å². The first kappa shape index (κ1) is 14.3. The number of benzene rings is 1. The summed E-state index contributed by atoms with van der Waals surface area (Å²) >= 11 is 0. The Morgan fingerprint density at radius 1 is 1.24 bits per heavy atom. The maximum Gasteiger partial charge on any atom is 0.219 e. The van der Waals surface area contributed by atoms with Crippen molar-refractivity contribution in [1.29, 1.82) is 0 Å². The third kappa shape index (κ3) is 2.61. The van der Waals surface area contributed by atoms with Crippen LogP contribution in [0.2, 0.25) is 0 Å². The standard InChI is InChI=1S/C14H18N2O5/c15-11-13(19)12(18)9(6-17)20-14(11)21-10-5-7-3-1-2-4-8(7)16-10/h1-5,9,11-14,16-19H,6,15H2/t9-,11-,12+,13-,14+/m1/s1. The number of nitrogens with two attached hydrogens (primary N) is 1. The van der Waals surface area contributed by atoms with E-state index in [0.29, 0.717) is 5.88 Å². The largest absolute Gasteiger partial charge is 0.448 e. The molecular weight excluding hydrogens is 276 g/mol. The van der Waals surface area contributed by atoms with E-state index in [-0.39, 0.29) is 0 Å². The molecule has 114 valence electrons. The number of aromatic amines is 1. The number of aliphatic hydroxyl groups excluding tert-OH is 3. The Balaban J connectivity index is 1.79. The van der Waals surface area contributed by atoms with Gasteiger partial charge in [-0.1, -0.05) is 18.2 Å². The summed E-state index contributed by atoms with van der Waals surface area (Å²) in [6, 6.07) is 8.50. The van der Waals surface area contributed by atoms with Crippen molar-refractivity contribution in [1.82, 2.24) is 4.98 Å². The summed E-state index contributed by atoms with van der Waals surface area (Å²) in [4.78, 5) is 3.06. The van der Waals surface area contributed by atoms with Gasteiger partial charge in [-0.3, -0.25) is 0 Å². The number of aromatic nitrogens is 1. The van der Waals surface area contributed by atoms with Gasteiger partial charge in [-0.2, -0.15) is 0 Å². The predicted molar refractivity (Wildman–Crippen MR) is 74.7 cm³/mol. The van der Waals surface area contributed by atoms with Gasteiger partial charge in [0.05, 0.1) is 12.6 Å². The molecule has 0 radical (unpaired) electrons. The first-order valence-corrected chi connectivity index (χ1v) is 6.72. The van der Waals surface area contributed by atoms with Crippen molar-refractivity contribution in [2.45, 2.75) is 30.6 Å². The van der Waals surface area contributed by atoms with Crippen LogP contribution in [0.3, 0.4) is 0 Å². The second-order valence-electron chi connectivity index (χ2n) is 5.12. The summed E-state index contributed by atoms with van der Waals surface area (Å²) in [5.74, 6) is 0.442. The fraction of sp³-hybridized carbons (Fsp3) is 0.429. The molecule has 0 aliphatic carbocycles. The number of hydrogen-bond donors (Lipinski definition) is 5. The topological polar surface area (TPSA) is 121 Å². The van der Waals surface area contributed by atoms with E-state index in [1.165, 1.54) is 0 Å². The monoisotopic (exact) mass is 294 g/mol. The van der Waals surface area contributed by atoms with Gasteiger partial charge in [-0.25, -0.2) is 0 Å². The van der Waals surface area contributed by atoms with E-state index in [1.807, 2.05) is 24.3 Å². The lowest BCUT2D eigenvalue weighted by atomic mass is 9.98. The molecule has 2 heterocycles. The highest BCUT2D eigenvalue weighted by Gasteiger charge is 2.43. The second-order valence-corrected chi connectivity index (χ2v) is 5.12. The summed E-state index contributed by atoms with van der Waals surface area (Å²) in [5, 5.41) is 29.7. The summed E-state index contributed by atoms with van der Waals surface area (Å²) < 4.78 is 11.0. The van der Waals surface area contributed by atoms with E-state index >= 15 is 0 Å².